The highest BCUT2D eigenvalue weighted by molar-refractivity contribution is 7.92. The van der Waals surface area contributed by atoms with E-state index in [2.05, 4.69) is 15.0 Å². The van der Waals surface area contributed by atoms with Crippen molar-refractivity contribution < 1.29 is 8.42 Å². The van der Waals surface area contributed by atoms with Crippen LogP contribution >= 0.6 is 22.9 Å². The van der Waals surface area contributed by atoms with Crippen molar-refractivity contribution >= 4 is 49.7 Å². The smallest absolute Gasteiger partial charge is 0.281 e. The largest absolute Gasteiger partial charge is 0.387 e. The minimum absolute atomic E-state index is 0.0357. The molecule has 0 bridgehead atoms. The van der Waals surface area contributed by atoms with E-state index < -0.39 is 10.0 Å². The summed E-state index contributed by atoms with van der Waals surface area (Å²) in [4.78, 5) is 4.60. The highest BCUT2D eigenvalue weighted by Crippen LogP contribution is 2.28. The van der Waals surface area contributed by atoms with Gasteiger partial charge in [0.05, 0.1) is 0 Å². The van der Waals surface area contributed by atoms with Crippen molar-refractivity contribution in [2.45, 2.75) is 11.6 Å². The molecule has 3 heterocycles. The summed E-state index contributed by atoms with van der Waals surface area (Å²) >= 11 is 7.33. The van der Waals surface area contributed by atoms with Gasteiger partial charge in [-0.15, -0.1) is 11.3 Å². The summed E-state index contributed by atoms with van der Waals surface area (Å²) in [6, 6.07) is 5.42. The Morgan fingerprint density at radius 2 is 2.26 bits per heavy atom. The molecule has 0 aliphatic carbocycles. The number of thiazole rings is 1. The number of hydrogen-bond acceptors (Lipinski definition) is 5. The Morgan fingerprint density at radius 3 is 3.13 bits per heavy atom. The molecule has 6 nitrogen and oxygen atoms in total. The molecule has 23 heavy (non-hydrogen) atoms. The molecule has 0 amide bonds. The van der Waals surface area contributed by atoms with Crippen molar-refractivity contribution in [3.8, 4) is 0 Å². The minimum Gasteiger partial charge on any atom is -0.387 e. The lowest BCUT2D eigenvalue weighted by atomic mass is 10.0. The first-order chi connectivity index (χ1) is 11.0. The summed E-state index contributed by atoms with van der Waals surface area (Å²) in [6.07, 6.45) is 5.37. The third-order valence-electron chi connectivity index (χ3n) is 3.50. The molecule has 0 saturated carbocycles. The molecule has 0 unspecified atom stereocenters. The molecule has 1 aliphatic rings. The Labute approximate surface area is 141 Å². The molecule has 1 aromatic carbocycles. The standard InChI is InChI=1S/C14H11ClN4O2S2/c15-12-13(19-5-6-22-14(19)17-12)23(20,21)18-11-2-1-10-8-16-4-3-9(10)7-11/h1-7,16,18H,8H2. The maximum absolute atomic E-state index is 12.7. The van der Waals surface area contributed by atoms with E-state index in [0.29, 0.717) is 10.6 Å². The van der Waals surface area contributed by atoms with Gasteiger partial charge < -0.3 is 5.32 Å². The van der Waals surface area contributed by atoms with Crippen LogP contribution in [0.5, 0.6) is 0 Å². The van der Waals surface area contributed by atoms with E-state index in [4.69, 9.17) is 11.6 Å². The second-order valence-corrected chi connectivity index (χ2v) is 7.83. The van der Waals surface area contributed by atoms with Gasteiger partial charge in [-0.3, -0.25) is 9.12 Å². The van der Waals surface area contributed by atoms with Gasteiger partial charge in [-0.25, -0.2) is 4.98 Å². The molecule has 3 aromatic rings. The van der Waals surface area contributed by atoms with Gasteiger partial charge >= 0.3 is 0 Å². The molecule has 118 valence electrons. The summed E-state index contributed by atoms with van der Waals surface area (Å²) < 4.78 is 29.4. The van der Waals surface area contributed by atoms with Crippen molar-refractivity contribution in [1.29, 1.82) is 0 Å². The van der Waals surface area contributed by atoms with Gasteiger partial charge in [0.25, 0.3) is 10.0 Å². The monoisotopic (exact) mass is 366 g/mol. The maximum atomic E-state index is 12.7. The molecule has 0 radical (unpaired) electrons. The van der Waals surface area contributed by atoms with Gasteiger partial charge in [0, 0.05) is 23.8 Å². The number of hydrogen-bond donors (Lipinski definition) is 2. The lowest BCUT2D eigenvalue weighted by molar-refractivity contribution is 0.596. The first kappa shape index (κ1) is 14.6. The normalized spacial score (nSPS) is 13.8. The summed E-state index contributed by atoms with van der Waals surface area (Å²) in [6.45, 7) is 0.725. The van der Waals surface area contributed by atoms with Crippen molar-refractivity contribution in [3.05, 3.63) is 52.3 Å². The zero-order valence-electron chi connectivity index (χ0n) is 11.7. The fraction of sp³-hybridized carbons (Fsp3) is 0.0714. The average Bonchev–Trinajstić information content (AvgIpc) is 3.06. The summed E-state index contributed by atoms with van der Waals surface area (Å²) in [7, 11) is -3.84. The van der Waals surface area contributed by atoms with Gasteiger partial charge in [0.15, 0.2) is 15.1 Å². The van der Waals surface area contributed by atoms with Crippen LogP contribution in [0.3, 0.4) is 0 Å². The van der Waals surface area contributed by atoms with Crippen molar-refractivity contribution in [2.75, 3.05) is 4.72 Å². The Hall–Kier alpha value is -2.03. The van der Waals surface area contributed by atoms with Gasteiger partial charge in [0.1, 0.15) is 0 Å². The SMILES string of the molecule is O=S(=O)(Nc1ccc2c(c1)C=CNC2)c1c(Cl)nc2sccn12. The van der Waals surface area contributed by atoms with Crippen LogP contribution in [-0.4, -0.2) is 17.8 Å². The molecule has 0 spiro atoms. The van der Waals surface area contributed by atoms with E-state index in [1.807, 2.05) is 18.3 Å². The summed E-state index contributed by atoms with van der Waals surface area (Å²) in [5, 5.41) is 4.78. The van der Waals surface area contributed by atoms with E-state index in [0.717, 1.165) is 17.7 Å². The predicted molar refractivity (Wildman–Crippen MR) is 91.2 cm³/mol. The highest BCUT2D eigenvalue weighted by Gasteiger charge is 2.25. The van der Waals surface area contributed by atoms with E-state index in [9.17, 15) is 8.42 Å². The number of benzene rings is 1. The van der Waals surface area contributed by atoms with Crippen LogP contribution in [-0.2, 0) is 16.6 Å². The van der Waals surface area contributed by atoms with E-state index in [-0.39, 0.29) is 10.2 Å². The van der Waals surface area contributed by atoms with Gasteiger partial charge in [-0.05, 0) is 35.5 Å². The third-order valence-corrected chi connectivity index (χ3v) is 6.04. The molecular formula is C14H11ClN4O2S2. The average molecular weight is 367 g/mol. The molecule has 4 rings (SSSR count). The van der Waals surface area contributed by atoms with Crippen molar-refractivity contribution in [2.24, 2.45) is 0 Å². The molecule has 0 fully saturated rings. The zero-order chi connectivity index (χ0) is 16.0. The first-order valence-electron chi connectivity index (χ1n) is 6.71. The number of fused-ring (bicyclic) bond motifs is 2. The van der Waals surface area contributed by atoms with Gasteiger partial charge in [-0.2, -0.15) is 8.42 Å². The number of halogens is 1. The van der Waals surface area contributed by atoms with Crippen LogP contribution < -0.4 is 10.0 Å². The number of nitrogens with zero attached hydrogens (tertiary/aromatic N) is 2. The van der Waals surface area contributed by atoms with Gasteiger partial charge in [-0.1, -0.05) is 17.7 Å². The Balaban J connectivity index is 1.74. The summed E-state index contributed by atoms with van der Waals surface area (Å²) in [5.41, 5.74) is 2.57. The quantitative estimate of drug-likeness (QED) is 0.747. The number of aromatic nitrogens is 2. The molecule has 9 heteroatoms. The molecule has 1 aliphatic heterocycles. The number of imidazole rings is 1. The molecular weight excluding hydrogens is 356 g/mol. The van der Waals surface area contributed by atoms with Crippen LogP contribution in [0.1, 0.15) is 11.1 Å². The van der Waals surface area contributed by atoms with Crippen LogP contribution in [0.4, 0.5) is 5.69 Å². The lowest BCUT2D eigenvalue weighted by Gasteiger charge is -2.14. The second kappa shape index (κ2) is 5.26. The fourth-order valence-corrected chi connectivity index (χ4v) is 4.98. The van der Waals surface area contributed by atoms with Crippen LogP contribution in [0.2, 0.25) is 5.15 Å². The lowest BCUT2D eigenvalue weighted by Crippen LogP contribution is -2.16. The van der Waals surface area contributed by atoms with Crippen molar-refractivity contribution in [1.82, 2.24) is 14.7 Å². The molecule has 2 N–H and O–H groups in total. The zero-order valence-corrected chi connectivity index (χ0v) is 14.0. The number of sulfonamides is 1. The Kier molecular flexibility index (Phi) is 3.33. The van der Waals surface area contributed by atoms with Crippen LogP contribution in [0.25, 0.3) is 11.0 Å². The predicted octanol–water partition coefficient (Wildman–Crippen LogP) is 2.92. The van der Waals surface area contributed by atoms with E-state index in [1.54, 1.807) is 23.7 Å². The molecule has 0 atom stereocenters. The number of anilines is 1. The Morgan fingerprint density at radius 1 is 1.39 bits per heavy atom. The van der Waals surface area contributed by atoms with Crippen LogP contribution in [0.15, 0.2) is 41.0 Å². The maximum Gasteiger partial charge on any atom is 0.281 e. The third kappa shape index (κ3) is 2.48. The van der Waals surface area contributed by atoms with Crippen molar-refractivity contribution in [3.63, 3.8) is 0 Å². The number of nitrogens with one attached hydrogen (secondary N) is 2. The topological polar surface area (TPSA) is 75.5 Å². The summed E-state index contributed by atoms with van der Waals surface area (Å²) in [5.74, 6) is 0. The molecule has 0 saturated heterocycles. The minimum atomic E-state index is -3.84. The van der Waals surface area contributed by atoms with E-state index >= 15 is 0 Å². The van der Waals surface area contributed by atoms with Crippen LogP contribution in [0, 0.1) is 0 Å². The van der Waals surface area contributed by atoms with Gasteiger partial charge in [0.2, 0.25) is 0 Å². The first-order valence-corrected chi connectivity index (χ1v) is 9.45. The Bertz CT molecular complexity index is 1040. The second-order valence-electron chi connectivity index (χ2n) is 5.00. The van der Waals surface area contributed by atoms with E-state index in [1.165, 1.54) is 15.7 Å². The fourth-order valence-electron chi connectivity index (χ4n) is 2.47. The number of rotatable bonds is 3. The highest BCUT2D eigenvalue weighted by atomic mass is 35.5. The molecule has 2 aromatic heterocycles.